The molecule has 0 spiro atoms. The third kappa shape index (κ3) is 10.7. The van der Waals surface area contributed by atoms with E-state index in [0.29, 0.717) is 31.4 Å². The predicted octanol–water partition coefficient (Wildman–Crippen LogP) is 3.53. The molecule has 2 aromatic carbocycles. The van der Waals surface area contributed by atoms with Crippen molar-refractivity contribution in [1.29, 1.82) is 0 Å². The normalized spacial score (nSPS) is 25.4. The van der Waals surface area contributed by atoms with Crippen LogP contribution in [0.5, 0.6) is 5.75 Å². The number of methoxy groups -OCH3 is 1. The summed E-state index contributed by atoms with van der Waals surface area (Å²) in [6, 6.07) is 11.2. The van der Waals surface area contributed by atoms with Gasteiger partial charge in [0.1, 0.15) is 42.1 Å². The maximum Gasteiger partial charge on any atom is 0.328 e. The molecule has 4 rings (SSSR count). The van der Waals surface area contributed by atoms with E-state index in [4.69, 9.17) is 15.9 Å². The molecule has 5 amide bonds. The van der Waals surface area contributed by atoms with E-state index in [0.717, 1.165) is 11.1 Å². The molecule has 2 saturated heterocycles. The lowest BCUT2D eigenvalue weighted by atomic mass is 9.82. The Morgan fingerprint density at radius 3 is 2.11 bits per heavy atom. The Hall–Kier alpha value is -5.38. The summed E-state index contributed by atoms with van der Waals surface area (Å²) >= 11 is 0. The lowest BCUT2D eigenvalue weighted by Crippen LogP contribution is -2.60. The quantitative estimate of drug-likeness (QED) is 0.223. The van der Waals surface area contributed by atoms with E-state index in [1.807, 2.05) is 30.3 Å². The fourth-order valence-electron chi connectivity index (χ4n) is 7.41. The molecule has 308 valence electrons. The standard InChI is InChI=1S/C44H59N5O8/c1-10-11-13-20-36-44(5,6)43(55)46-37(28(2)3)41(53)48(8)35(27-30-17-14-12-15-18-30)40(52)49-25-16-19-33(49)39(51)47(7)34(38(50)45-29(4)42(54)57-36)26-31-21-23-32(56-9)24-22-31/h1,12,14-15,17-18,21-24,28-29,33-37H,11,13,16,19-20,25-27H2,2-9H3,(H,45,50)(H,46,55)/t29-,33-,34-,35-,36-,37-/m1/s1. The largest absolute Gasteiger partial charge is 0.497 e. The molecule has 13 nitrogen and oxygen atoms in total. The zero-order valence-corrected chi connectivity index (χ0v) is 34.6. The molecule has 0 radical (unpaired) electrons. The number of likely N-dealkylation sites (N-methyl/N-ethyl adjacent to an activating group) is 2. The van der Waals surface area contributed by atoms with Crippen LogP contribution in [0, 0.1) is 23.7 Å². The van der Waals surface area contributed by atoms with Crippen LogP contribution in [0.4, 0.5) is 0 Å². The van der Waals surface area contributed by atoms with Gasteiger partial charge in [0.2, 0.25) is 29.5 Å². The minimum atomic E-state index is -1.35. The number of esters is 1. The van der Waals surface area contributed by atoms with E-state index in [9.17, 15) is 28.8 Å². The number of cyclic esters (lactones) is 1. The molecule has 2 aromatic rings. The molecule has 2 fully saturated rings. The molecule has 2 heterocycles. The van der Waals surface area contributed by atoms with Crippen molar-refractivity contribution in [3.8, 4) is 18.1 Å². The second kappa shape index (κ2) is 19.7. The number of terminal acetylenes is 1. The highest BCUT2D eigenvalue weighted by molar-refractivity contribution is 5.97. The SMILES string of the molecule is C#CCCC[C@H]1OC(=O)[C@@H](C)NC(=O)[C@@H](Cc2ccc(OC)cc2)N(C)C(=O)[C@H]2CCCN2C(=O)[C@@H](Cc2ccccc2)N(C)C(=O)[C@@H](C(C)C)NC(=O)C1(C)C. The molecule has 13 heteroatoms. The first-order chi connectivity index (χ1) is 27.0. The molecule has 0 aliphatic carbocycles. The van der Waals surface area contributed by atoms with Crippen molar-refractivity contribution < 1.29 is 38.2 Å². The Bertz CT molecular complexity index is 1790. The molecule has 2 N–H and O–H groups in total. The van der Waals surface area contributed by atoms with Gasteiger partial charge in [-0.05, 0) is 75.6 Å². The average molecular weight is 786 g/mol. The number of amides is 5. The van der Waals surface area contributed by atoms with Crippen molar-refractivity contribution >= 4 is 35.5 Å². The molecular weight excluding hydrogens is 727 g/mol. The Labute approximate surface area is 337 Å². The van der Waals surface area contributed by atoms with Crippen LogP contribution in [0.3, 0.4) is 0 Å². The van der Waals surface area contributed by atoms with Gasteiger partial charge in [-0.2, -0.15) is 0 Å². The number of carbonyl (C=O) groups is 6. The summed E-state index contributed by atoms with van der Waals surface area (Å²) in [5.41, 5.74) is 0.183. The summed E-state index contributed by atoms with van der Waals surface area (Å²) in [6.07, 6.45) is 6.73. The van der Waals surface area contributed by atoms with E-state index in [2.05, 4.69) is 16.6 Å². The lowest BCUT2D eigenvalue weighted by molar-refractivity contribution is -0.163. The maximum atomic E-state index is 14.8. The van der Waals surface area contributed by atoms with E-state index in [-0.39, 0.29) is 25.8 Å². The monoisotopic (exact) mass is 785 g/mol. The summed E-state index contributed by atoms with van der Waals surface area (Å²) in [4.78, 5) is 90.2. The van der Waals surface area contributed by atoms with Crippen LogP contribution in [0.1, 0.15) is 77.8 Å². The predicted molar refractivity (Wildman–Crippen MR) is 215 cm³/mol. The van der Waals surface area contributed by atoms with Crippen molar-refractivity contribution in [2.45, 2.75) is 116 Å². The number of fused-ring (bicyclic) bond motifs is 1. The number of unbranched alkanes of at least 4 members (excludes halogenated alkanes) is 1. The highest BCUT2D eigenvalue weighted by Gasteiger charge is 2.46. The average Bonchev–Trinajstić information content (AvgIpc) is 3.69. The van der Waals surface area contributed by atoms with Crippen LogP contribution in [0.25, 0.3) is 0 Å². The molecule has 2 aliphatic rings. The summed E-state index contributed by atoms with van der Waals surface area (Å²) < 4.78 is 11.3. The summed E-state index contributed by atoms with van der Waals surface area (Å²) in [7, 11) is 4.61. The summed E-state index contributed by atoms with van der Waals surface area (Å²) in [6.45, 7) is 8.62. The van der Waals surface area contributed by atoms with Crippen molar-refractivity contribution in [2.75, 3.05) is 27.7 Å². The third-order valence-corrected chi connectivity index (χ3v) is 11.3. The molecule has 0 unspecified atom stereocenters. The van der Waals surface area contributed by atoms with Crippen molar-refractivity contribution in [1.82, 2.24) is 25.3 Å². The van der Waals surface area contributed by atoms with Gasteiger partial charge in [0.05, 0.1) is 12.5 Å². The van der Waals surface area contributed by atoms with Gasteiger partial charge in [-0.15, -0.1) is 12.3 Å². The third-order valence-electron chi connectivity index (χ3n) is 11.3. The van der Waals surface area contributed by atoms with Crippen LogP contribution in [0.15, 0.2) is 54.6 Å². The number of nitrogens with zero attached hydrogens (tertiary/aromatic N) is 3. The van der Waals surface area contributed by atoms with Gasteiger partial charge >= 0.3 is 5.97 Å². The first kappa shape index (κ1) is 44.3. The second-order valence-corrected chi connectivity index (χ2v) is 16.0. The number of nitrogens with one attached hydrogen (secondary N) is 2. The molecule has 0 bridgehead atoms. The van der Waals surface area contributed by atoms with Crippen LogP contribution < -0.4 is 15.4 Å². The van der Waals surface area contributed by atoms with Gasteiger partial charge in [0, 0.05) is 39.9 Å². The number of benzene rings is 2. The Kier molecular flexibility index (Phi) is 15.3. The maximum absolute atomic E-state index is 14.8. The highest BCUT2D eigenvalue weighted by Crippen LogP contribution is 2.30. The van der Waals surface area contributed by atoms with E-state index >= 15 is 0 Å². The number of hydrogen-bond donors (Lipinski definition) is 2. The minimum Gasteiger partial charge on any atom is -0.497 e. The zero-order valence-electron chi connectivity index (χ0n) is 34.6. The first-order valence-corrected chi connectivity index (χ1v) is 19.8. The fraction of sp³-hybridized carbons (Fsp3) is 0.545. The van der Waals surface area contributed by atoms with Gasteiger partial charge in [0.25, 0.3) is 0 Å². The molecule has 6 atom stereocenters. The van der Waals surface area contributed by atoms with Crippen molar-refractivity contribution in [3.63, 3.8) is 0 Å². The Morgan fingerprint density at radius 1 is 0.877 bits per heavy atom. The van der Waals surface area contributed by atoms with Crippen LogP contribution >= 0.6 is 0 Å². The van der Waals surface area contributed by atoms with Crippen LogP contribution in [-0.4, -0.2) is 114 Å². The lowest BCUT2D eigenvalue weighted by Gasteiger charge is -2.38. The molecular formula is C44H59N5O8. The Balaban J connectivity index is 1.83. The van der Waals surface area contributed by atoms with E-state index in [1.165, 1.54) is 28.7 Å². The topological polar surface area (TPSA) is 155 Å². The molecule has 0 aromatic heterocycles. The number of ether oxygens (including phenoxy) is 2. The number of rotatable bonds is 9. The first-order valence-electron chi connectivity index (χ1n) is 19.8. The molecule has 0 saturated carbocycles. The molecule has 57 heavy (non-hydrogen) atoms. The van der Waals surface area contributed by atoms with Gasteiger partial charge in [0.15, 0.2) is 0 Å². The van der Waals surface area contributed by atoms with Crippen molar-refractivity contribution in [3.05, 3.63) is 65.7 Å². The van der Waals surface area contributed by atoms with Gasteiger partial charge < -0.3 is 34.8 Å². The summed E-state index contributed by atoms with van der Waals surface area (Å²) in [5, 5.41) is 5.68. The zero-order chi connectivity index (χ0) is 42.0. The number of carbonyl (C=O) groups excluding carboxylic acids is 6. The van der Waals surface area contributed by atoms with E-state index in [1.54, 1.807) is 66.1 Å². The van der Waals surface area contributed by atoms with Gasteiger partial charge in [-0.3, -0.25) is 24.0 Å². The Morgan fingerprint density at radius 2 is 1.49 bits per heavy atom. The van der Waals surface area contributed by atoms with Crippen LogP contribution in [0.2, 0.25) is 0 Å². The van der Waals surface area contributed by atoms with Gasteiger partial charge in [-0.1, -0.05) is 56.3 Å². The summed E-state index contributed by atoms with van der Waals surface area (Å²) in [5.74, 6) is -0.458. The highest BCUT2D eigenvalue weighted by atomic mass is 16.5. The van der Waals surface area contributed by atoms with Crippen molar-refractivity contribution in [2.24, 2.45) is 11.3 Å². The smallest absolute Gasteiger partial charge is 0.328 e. The fourth-order valence-corrected chi connectivity index (χ4v) is 7.41. The molecule has 2 aliphatic heterocycles. The van der Waals surface area contributed by atoms with E-state index < -0.39 is 83.2 Å². The number of hydrogen-bond acceptors (Lipinski definition) is 8. The van der Waals surface area contributed by atoms with Gasteiger partial charge in [-0.25, -0.2) is 4.79 Å². The minimum absolute atomic E-state index is 0.0902. The van der Waals surface area contributed by atoms with Crippen LogP contribution in [-0.2, 0) is 46.3 Å². The second-order valence-electron chi connectivity index (χ2n) is 16.0.